The minimum absolute atomic E-state index is 0.00614. The maximum atomic E-state index is 13.0. The molecule has 1 aliphatic heterocycles. The number of rotatable bonds is 2. The van der Waals surface area contributed by atoms with E-state index in [1.54, 1.807) is 4.31 Å². The average Bonchev–Trinajstić information content (AvgIpc) is 2.36. The number of aryl methyl sites for hydroxylation is 2. The lowest BCUT2D eigenvalue weighted by Gasteiger charge is -2.34. The molecule has 0 amide bonds. The van der Waals surface area contributed by atoms with Crippen LogP contribution in [0.1, 0.15) is 29.2 Å². The zero-order valence-corrected chi connectivity index (χ0v) is 13.8. The summed E-state index contributed by atoms with van der Waals surface area (Å²) in [5.41, 5.74) is 3.82. The predicted octanol–water partition coefficient (Wildman–Crippen LogP) is 1.90. The molecule has 0 unspecified atom stereocenters. The van der Waals surface area contributed by atoms with Gasteiger partial charge in [0.15, 0.2) is 0 Å². The SMILES string of the molecule is Cc1cc(C)c(C)c(S(=O)(=O)N2CCNC[C@H]2C)c1C. The molecule has 20 heavy (non-hydrogen) atoms. The molecular formula is C15H24N2O2S. The molecule has 1 aliphatic rings. The minimum Gasteiger partial charge on any atom is -0.314 e. The third-order valence-corrected chi connectivity index (χ3v) is 6.59. The van der Waals surface area contributed by atoms with Crippen LogP contribution in [0.5, 0.6) is 0 Å². The highest BCUT2D eigenvalue weighted by Crippen LogP contribution is 2.29. The van der Waals surface area contributed by atoms with Gasteiger partial charge in [0, 0.05) is 25.7 Å². The van der Waals surface area contributed by atoms with Gasteiger partial charge >= 0.3 is 0 Å². The second-order valence-electron chi connectivity index (χ2n) is 5.76. The van der Waals surface area contributed by atoms with Gasteiger partial charge in [0.1, 0.15) is 0 Å². The van der Waals surface area contributed by atoms with Crippen molar-refractivity contribution in [2.75, 3.05) is 19.6 Å². The first kappa shape index (κ1) is 15.5. The minimum atomic E-state index is -3.42. The van der Waals surface area contributed by atoms with Crippen molar-refractivity contribution in [2.45, 2.75) is 45.6 Å². The molecule has 2 rings (SSSR count). The van der Waals surface area contributed by atoms with Crippen molar-refractivity contribution in [3.05, 3.63) is 28.3 Å². The first-order valence-corrected chi connectivity index (χ1v) is 8.50. The maximum Gasteiger partial charge on any atom is 0.243 e. The Balaban J connectivity index is 2.60. The molecule has 0 aromatic heterocycles. The van der Waals surface area contributed by atoms with Gasteiger partial charge in [-0.15, -0.1) is 0 Å². The van der Waals surface area contributed by atoms with Gasteiger partial charge in [-0.05, 0) is 56.9 Å². The van der Waals surface area contributed by atoms with Gasteiger partial charge in [-0.3, -0.25) is 0 Å². The van der Waals surface area contributed by atoms with Crippen molar-refractivity contribution in [1.82, 2.24) is 9.62 Å². The second kappa shape index (κ2) is 5.47. The largest absolute Gasteiger partial charge is 0.314 e. The van der Waals surface area contributed by atoms with E-state index in [-0.39, 0.29) is 6.04 Å². The Morgan fingerprint density at radius 2 is 1.70 bits per heavy atom. The van der Waals surface area contributed by atoms with E-state index in [2.05, 4.69) is 11.4 Å². The van der Waals surface area contributed by atoms with Crippen LogP contribution in [0.15, 0.2) is 11.0 Å². The molecule has 5 heteroatoms. The molecule has 1 aromatic carbocycles. The van der Waals surface area contributed by atoms with E-state index < -0.39 is 10.0 Å². The van der Waals surface area contributed by atoms with Crippen molar-refractivity contribution in [2.24, 2.45) is 0 Å². The van der Waals surface area contributed by atoms with Gasteiger partial charge < -0.3 is 5.32 Å². The van der Waals surface area contributed by atoms with Crippen molar-refractivity contribution < 1.29 is 8.42 Å². The van der Waals surface area contributed by atoms with Crippen LogP contribution in [0, 0.1) is 27.7 Å². The number of benzene rings is 1. The molecule has 1 N–H and O–H groups in total. The summed E-state index contributed by atoms with van der Waals surface area (Å²) in [5.74, 6) is 0. The van der Waals surface area contributed by atoms with Crippen LogP contribution < -0.4 is 5.32 Å². The fraction of sp³-hybridized carbons (Fsp3) is 0.600. The van der Waals surface area contributed by atoms with Crippen LogP contribution in [-0.4, -0.2) is 38.4 Å². The number of sulfonamides is 1. The number of piperazine rings is 1. The summed E-state index contributed by atoms with van der Waals surface area (Å²) in [6, 6.07) is 2.05. The Labute approximate surface area is 122 Å². The van der Waals surface area contributed by atoms with Gasteiger partial charge in [0.25, 0.3) is 0 Å². The van der Waals surface area contributed by atoms with Gasteiger partial charge in [-0.2, -0.15) is 4.31 Å². The van der Waals surface area contributed by atoms with Crippen molar-refractivity contribution >= 4 is 10.0 Å². The third kappa shape index (κ3) is 2.50. The average molecular weight is 296 g/mol. The smallest absolute Gasteiger partial charge is 0.243 e. The number of hydrogen-bond donors (Lipinski definition) is 1. The van der Waals surface area contributed by atoms with Crippen molar-refractivity contribution in [1.29, 1.82) is 0 Å². The Morgan fingerprint density at radius 1 is 1.15 bits per heavy atom. The first-order valence-electron chi connectivity index (χ1n) is 7.06. The summed E-state index contributed by atoms with van der Waals surface area (Å²) >= 11 is 0. The molecule has 0 aliphatic carbocycles. The molecule has 1 fully saturated rings. The van der Waals surface area contributed by atoms with Crippen LogP contribution >= 0.6 is 0 Å². The standard InChI is InChI=1S/C15H24N2O2S/c1-10-8-11(2)14(5)15(13(10)4)20(18,19)17-7-6-16-9-12(17)3/h8,12,16H,6-7,9H2,1-5H3/t12-/m1/s1. The fourth-order valence-electron chi connectivity index (χ4n) is 2.86. The highest BCUT2D eigenvalue weighted by atomic mass is 32.2. The lowest BCUT2D eigenvalue weighted by molar-refractivity contribution is 0.283. The van der Waals surface area contributed by atoms with Gasteiger partial charge in [0.05, 0.1) is 4.90 Å². The van der Waals surface area contributed by atoms with Crippen molar-refractivity contribution in [3.63, 3.8) is 0 Å². The molecule has 1 saturated heterocycles. The molecule has 0 saturated carbocycles. The van der Waals surface area contributed by atoms with Crippen molar-refractivity contribution in [3.8, 4) is 0 Å². The van der Waals surface area contributed by atoms with E-state index in [1.807, 2.05) is 34.6 Å². The summed E-state index contributed by atoms with van der Waals surface area (Å²) in [6.45, 7) is 11.7. The second-order valence-corrected chi connectivity index (χ2v) is 7.59. The summed E-state index contributed by atoms with van der Waals surface area (Å²) in [7, 11) is -3.42. The highest BCUT2D eigenvalue weighted by molar-refractivity contribution is 7.89. The lowest BCUT2D eigenvalue weighted by Crippen LogP contribution is -2.52. The molecule has 112 valence electrons. The zero-order chi connectivity index (χ0) is 15.1. The monoisotopic (exact) mass is 296 g/mol. The van der Waals surface area contributed by atoms with E-state index >= 15 is 0 Å². The molecule has 0 spiro atoms. The quantitative estimate of drug-likeness (QED) is 0.907. The molecule has 0 radical (unpaired) electrons. The van der Waals surface area contributed by atoms with E-state index in [0.29, 0.717) is 24.5 Å². The van der Waals surface area contributed by atoms with Gasteiger partial charge in [0.2, 0.25) is 10.0 Å². The Bertz CT molecular complexity index is 597. The van der Waals surface area contributed by atoms with Gasteiger partial charge in [-0.1, -0.05) is 6.07 Å². The van der Waals surface area contributed by atoms with Crippen LogP contribution in [0.25, 0.3) is 0 Å². The van der Waals surface area contributed by atoms with Crippen LogP contribution in [-0.2, 0) is 10.0 Å². The Morgan fingerprint density at radius 3 is 2.20 bits per heavy atom. The normalized spacial score (nSPS) is 21.1. The highest BCUT2D eigenvalue weighted by Gasteiger charge is 2.33. The molecule has 4 nitrogen and oxygen atoms in total. The molecular weight excluding hydrogens is 272 g/mol. The molecule has 1 atom stereocenters. The van der Waals surface area contributed by atoms with E-state index in [9.17, 15) is 8.42 Å². The topological polar surface area (TPSA) is 49.4 Å². The fourth-order valence-corrected chi connectivity index (χ4v) is 5.07. The number of nitrogens with zero attached hydrogens (tertiary/aromatic N) is 1. The Hall–Kier alpha value is -0.910. The third-order valence-electron chi connectivity index (χ3n) is 4.30. The maximum absolute atomic E-state index is 13.0. The molecule has 1 aromatic rings. The van der Waals surface area contributed by atoms with Crippen LogP contribution in [0.3, 0.4) is 0 Å². The number of nitrogens with one attached hydrogen (secondary N) is 1. The first-order chi connectivity index (χ1) is 9.26. The summed E-state index contributed by atoms with van der Waals surface area (Å²) < 4.78 is 27.7. The lowest BCUT2D eigenvalue weighted by atomic mass is 10.0. The van der Waals surface area contributed by atoms with Crippen LogP contribution in [0.4, 0.5) is 0 Å². The summed E-state index contributed by atoms with van der Waals surface area (Å²) in [6.07, 6.45) is 0. The van der Waals surface area contributed by atoms with Crippen LogP contribution in [0.2, 0.25) is 0 Å². The molecule has 0 bridgehead atoms. The summed E-state index contributed by atoms with van der Waals surface area (Å²) in [5, 5.41) is 3.23. The van der Waals surface area contributed by atoms with E-state index in [4.69, 9.17) is 0 Å². The van der Waals surface area contributed by atoms with E-state index in [1.165, 1.54) is 0 Å². The van der Waals surface area contributed by atoms with Gasteiger partial charge in [-0.25, -0.2) is 8.42 Å². The zero-order valence-electron chi connectivity index (χ0n) is 12.9. The van der Waals surface area contributed by atoms with E-state index in [0.717, 1.165) is 22.3 Å². The number of hydrogen-bond acceptors (Lipinski definition) is 3. The molecule has 1 heterocycles. The predicted molar refractivity (Wildman–Crippen MR) is 81.6 cm³/mol. The summed E-state index contributed by atoms with van der Waals surface area (Å²) in [4.78, 5) is 0.503. The Kier molecular flexibility index (Phi) is 4.23.